The van der Waals surface area contributed by atoms with E-state index in [1.54, 1.807) is 17.6 Å². The summed E-state index contributed by atoms with van der Waals surface area (Å²) in [5.41, 5.74) is 0.428. The molecule has 0 spiro atoms. The van der Waals surface area contributed by atoms with Crippen LogP contribution < -0.4 is 10.7 Å². The van der Waals surface area contributed by atoms with Crippen LogP contribution in [0.3, 0.4) is 0 Å². The molecule has 2 amide bonds. The molecule has 5 rings (SSSR count). The van der Waals surface area contributed by atoms with Gasteiger partial charge in [0.1, 0.15) is 17.1 Å². The minimum absolute atomic E-state index is 0.0282. The maximum atomic E-state index is 12.8. The highest BCUT2D eigenvalue weighted by molar-refractivity contribution is 8.04. The Morgan fingerprint density at radius 2 is 2.09 bits per heavy atom. The summed E-state index contributed by atoms with van der Waals surface area (Å²) in [5, 5.41) is 17.6. The van der Waals surface area contributed by atoms with Crippen LogP contribution in [0.5, 0.6) is 0 Å². The number of thiophene rings is 2. The summed E-state index contributed by atoms with van der Waals surface area (Å²) in [6.45, 7) is 0. The van der Waals surface area contributed by atoms with Crippen molar-refractivity contribution in [2.24, 2.45) is 0 Å². The van der Waals surface area contributed by atoms with Crippen LogP contribution in [0.25, 0.3) is 9.40 Å². The summed E-state index contributed by atoms with van der Waals surface area (Å²) in [4.78, 5) is 51.5. The first-order chi connectivity index (χ1) is 16.4. The van der Waals surface area contributed by atoms with Gasteiger partial charge in [0.25, 0.3) is 5.91 Å². The molecule has 1 unspecified atom stereocenters. The van der Waals surface area contributed by atoms with Crippen molar-refractivity contribution in [3.63, 3.8) is 0 Å². The van der Waals surface area contributed by atoms with Crippen molar-refractivity contribution in [2.75, 3.05) is 5.75 Å². The lowest BCUT2D eigenvalue weighted by atomic mass is 10.0. The van der Waals surface area contributed by atoms with Gasteiger partial charge in [-0.1, -0.05) is 17.8 Å². The van der Waals surface area contributed by atoms with E-state index < -0.39 is 23.3 Å². The van der Waals surface area contributed by atoms with Crippen LogP contribution in [-0.2, 0) is 20.8 Å². The van der Waals surface area contributed by atoms with Gasteiger partial charge in [0.2, 0.25) is 5.91 Å². The topological polar surface area (TPSA) is 104 Å². The third-order valence-corrected chi connectivity index (χ3v) is 10.5. The van der Waals surface area contributed by atoms with Crippen LogP contribution >= 0.6 is 57.5 Å². The number of hydrogen-bond acceptors (Lipinski definition) is 9. The number of carbonyl (C=O) groups is 3. The molecule has 2 N–H and O–H groups in total. The molecular formula is C22H16N2O5S5. The van der Waals surface area contributed by atoms with Crippen LogP contribution in [-0.4, -0.2) is 45.0 Å². The zero-order valence-electron chi connectivity index (χ0n) is 17.3. The van der Waals surface area contributed by atoms with Gasteiger partial charge in [-0.25, -0.2) is 4.79 Å². The first-order valence-corrected chi connectivity index (χ1v) is 14.5. The molecule has 3 aromatic heterocycles. The summed E-state index contributed by atoms with van der Waals surface area (Å²) in [7, 11) is 0. The first kappa shape index (κ1) is 23.4. The van der Waals surface area contributed by atoms with Gasteiger partial charge < -0.3 is 10.4 Å². The molecule has 0 aromatic carbocycles. The minimum atomic E-state index is -1.18. The molecule has 0 saturated carbocycles. The Morgan fingerprint density at radius 3 is 2.85 bits per heavy atom. The molecule has 34 heavy (non-hydrogen) atoms. The lowest BCUT2D eigenvalue weighted by Crippen LogP contribution is -2.70. The van der Waals surface area contributed by atoms with Gasteiger partial charge in [-0.15, -0.1) is 45.8 Å². The number of carbonyl (C=O) groups excluding carboxylic acids is 2. The minimum Gasteiger partial charge on any atom is -0.477 e. The number of amides is 2. The molecule has 2 aliphatic rings. The molecule has 0 aliphatic carbocycles. The highest BCUT2D eigenvalue weighted by Gasteiger charge is 2.53. The molecule has 5 heterocycles. The molecule has 12 heteroatoms. The van der Waals surface area contributed by atoms with Crippen LogP contribution in [0.2, 0.25) is 0 Å². The highest BCUT2D eigenvalue weighted by Crippen LogP contribution is 2.41. The van der Waals surface area contributed by atoms with Crippen molar-refractivity contribution < 1.29 is 19.5 Å². The number of carboxylic acid groups (broad SMARTS) is 1. The fourth-order valence-electron chi connectivity index (χ4n) is 3.68. The van der Waals surface area contributed by atoms with Crippen molar-refractivity contribution >= 4 is 84.7 Å². The van der Waals surface area contributed by atoms with E-state index in [0.717, 1.165) is 18.5 Å². The third-order valence-electron chi connectivity index (χ3n) is 5.20. The average Bonchev–Trinajstić information content (AvgIpc) is 3.49. The normalized spacial score (nSPS) is 20.0. The van der Waals surface area contributed by atoms with Gasteiger partial charge in [-0.05, 0) is 40.0 Å². The summed E-state index contributed by atoms with van der Waals surface area (Å²) in [6, 6.07) is 6.47. The van der Waals surface area contributed by atoms with Crippen LogP contribution in [0.4, 0.5) is 0 Å². The number of nitrogens with zero attached hydrogens (tertiary/aromatic N) is 1. The number of aliphatic carboxylic acids is 1. The van der Waals surface area contributed by atoms with Gasteiger partial charge in [0.15, 0.2) is 5.43 Å². The largest absolute Gasteiger partial charge is 0.477 e. The summed E-state index contributed by atoms with van der Waals surface area (Å²) in [6.07, 6.45) is 1.87. The Morgan fingerprint density at radius 1 is 1.24 bits per heavy atom. The lowest BCUT2D eigenvalue weighted by molar-refractivity contribution is -0.150. The molecule has 174 valence electrons. The Bertz CT molecular complexity index is 1400. The highest BCUT2D eigenvalue weighted by atomic mass is 32.2. The molecule has 3 aromatic rings. The van der Waals surface area contributed by atoms with Crippen LogP contribution in [0, 0.1) is 0 Å². The van der Waals surface area contributed by atoms with Gasteiger partial charge in [0, 0.05) is 16.7 Å². The van der Waals surface area contributed by atoms with E-state index in [1.165, 1.54) is 62.4 Å². The van der Waals surface area contributed by atoms with Crippen molar-refractivity contribution in [3.8, 4) is 0 Å². The van der Waals surface area contributed by atoms with Crippen molar-refractivity contribution in [3.05, 3.63) is 72.9 Å². The number of allylic oxidation sites excluding steroid dienone is 1. The van der Waals surface area contributed by atoms with Gasteiger partial charge >= 0.3 is 5.97 Å². The monoisotopic (exact) mass is 548 g/mol. The zero-order chi connectivity index (χ0) is 23.8. The van der Waals surface area contributed by atoms with E-state index in [0.29, 0.717) is 11.3 Å². The van der Waals surface area contributed by atoms with Gasteiger partial charge in [-0.2, -0.15) is 0 Å². The Balaban J connectivity index is 1.29. The molecule has 2 atom stereocenters. The maximum Gasteiger partial charge on any atom is 0.352 e. The van der Waals surface area contributed by atoms with E-state index in [4.69, 9.17) is 0 Å². The van der Waals surface area contributed by atoms with E-state index in [1.807, 2.05) is 29.0 Å². The lowest BCUT2D eigenvalue weighted by Gasteiger charge is -2.49. The number of hydrogen-bond donors (Lipinski definition) is 2. The van der Waals surface area contributed by atoms with E-state index >= 15 is 0 Å². The molecule has 1 saturated heterocycles. The Kier molecular flexibility index (Phi) is 6.67. The van der Waals surface area contributed by atoms with Crippen LogP contribution in [0.15, 0.2) is 66.8 Å². The molecule has 0 bridgehead atoms. The SMILES string of the molecule is O=C(Cc1cccs1)NC1C(=O)N2C(C(=O)O)=C(C=CSc3cc(=O)c4sccc4s3)CS[C@H]12. The number of rotatable bonds is 7. The number of fused-ring (bicyclic) bond motifs is 2. The fraction of sp³-hybridized carbons (Fsp3) is 0.182. The van der Waals surface area contributed by atoms with Crippen LogP contribution in [0.1, 0.15) is 4.88 Å². The second-order valence-electron chi connectivity index (χ2n) is 7.35. The van der Waals surface area contributed by atoms with E-state index in [2.05, 4.69) is 5.32 Å². The molecule has 7 nitrogen and oxygen atoms in total. The first-order valence-electron chi connectivity index (χ1n) is 10.00. The summed E-state index contributed by atoms with van der Waals surface area (Å²) >= 11 is 7.14. The predicted molar refractivity (Wildman–Crippen MR) is 139 cm³/mol. The van der Waals surface area contributed by atoms with Crippen molar-refractivity contribution in [1.82, 2.24) is 10.2 Å². The molecule has 2 aliphatic heterocycles. The second-order valence-corrected chi connectivity index (χ2v) is 12.7. The zero-order valence-corrected chi connectivity index (χ0v) is 21.3. The quantitative estimate of drug-likeness (QED) is 0.340. The average molecular weight is 549 g/mol. The Labute approximate surface area is 214 Å². The predicted octanol–water partition coefficient (Wildman–Crippen LogP) is 3.97. The van der Waals surface area contributed by atoms with Gasteiger partial charge in [-0.3, -0.25) is 19.3 Å². The number of thioether (sulfide) groups is 2. The molecular weight excluding hydrogens is 533 g/mol. The van der Waals surface area contributed by atoms with Gasteiger partial charge in [0.05, 0.1) is 20.0 Å². The molecule has 1 fully saturated rings. The Hall–Kier alpha value is -2.38. The fourth-order valence-corrected chi connectivity index (χ4v) is 8.64. The summed E-state index contributed by atoms with van der Waals surface area (Å²) in [5.74, 6) is -1.47. The smallest absolute Gasteiger partial charge is 0.352 e. The standard InChI is InChI=1S/C22H16N2O5S5/c25-13-9-16(34-14-4-7-32-19(13)14)31-6-3-11-10-33-21-17(20(27)24(21)18(11)22(28)29)23-15(26)8-12-2-1-5-30-12/h1-7,9,17,21H,8,10H2,(H,23,26)(H,28,29)/t17?,21-/m1/s1. The van der Waals surface area contributed by atoms with E-state index in [9.17, 15) is 24.3 Å². The number of nitrogens with one attached hydrogen (secondary N) is 1. The van der Waals surface area contributed by atoms with Crippen molar-refractivity contribution in [1.29, 1.82) is 0 Å². The van der Waals surface area contributed by atoms with Crippen molar-refractivity contribution in [2.45, 2.75) is 22.0 Å². The third kappa shape index (κ3) is 4.48. The number of carboxylic acids is 1. The maximum absolute atomic E-state index is 12.8. The number of β-lactam (4-membered cyclic amide) rings is 1. The second kappa shape index (κ2) is 9.70. The van der Waals surface area contributed by atoms with E-state index in [-0.39, 0.29) is 23.5 Å². The summed E-state index contributed by atoms with van der Waals surface area (Å²) < 4.78 is 2.46. The molecule has 0 radical (unpaired) electrons.